The molecule has 4 aromatic rings. The van der Waals surface area contributed by atoms with Crippen LogP contribution < -0.4 is 10.2 Å². The average Bonchev–Trinajstić information content (AvgIpc) is 2.77. The summed E-state index contributed by atoms with van der Waals surface area (Å²) >= 11 is 0. The molecule has 0 unspecified atom stereocenters. The molecular weight excluding hydrogens is 449 g/mol. The van der Waals surface area contributed by atoms with Crippen molar-refractivity contribution in [2.75, 3.05) is 0 Å². The van der Waals surface area contributed by atoms with E-state index in [9.17, 15) is 10.2 Å². The Morgan fingerprint density at radius 3 is 0.933 bits per heavy atom. The van der Waals surface area contributed by atoms with Crippen molar-refractivity contribution in [2.24, 2.45) is 0 Å². The monoisotopic (exact) mass is 473 g/mol. The summed E-state index contributed by atoms with van der Waals surface area (Å²) in [6, 6.07) is 37.1. The van der Waals surface area contributed by atoms with Crippen LogP contribution in [0.1, 0.15) is 11.1 Å². The van der Waals surface area contributed by atoms with Gasteiger partial charge in [0.2, 0.25) is 0 Å². The summed E-state index contributed by atoms with van der Waals surface area (Å²) in [5.41, 5.74) is 2.43. The van der Waals surface area contributed by atoms with Gasteiger partial charge < -0.3 is 14.9 Å². The average molecular weight is 473 g/mol. The van der Waals surface area contributed by atoms with Crippen LogP contribution in [-0.4, -0.2) is 0 Å². The van der Waals surface area contributed by atoms with Crippen LogP contribution in [0.4, 0.5) is 0 Å². The van der Waals surface area contributed by atoms with Crippen molar-refractivity contribution in [3.63, 3.8) is 0 Å². The molecule has 1 radical (unpaired) electrons. The van der Waals surface area contributed by atoms with Gasteiger partial charge >= 0.3 is 0 Å². The zero-order valence-electron chi connectivity index (χ0n) is 16.8. The van der Waals surface area contributed by atoms with Gasteiger partial charge in [0.1, 0.15) is 0 Å². The molecule has 4 aromatic carbocycles. The second-order valence-corrected chi connectivity index (χ2v) is 6.09. The van der Waals surface area contributed by atoms with E-state index >= 15 is 0 Å². The van der Waals surface area contributed by atoms with Crippen molar-refractivity contribution < 1.29 is 47.7 Å². The minimum atomic E-state index is 0. The number of rotatable bonds is 4. The molecule has 0 saturated heterocycles. The molecule has 4 heteroatoms. The van der Waals surface area contributed by atoms with Gasteiger partial charge in [-0.15, -0.1) is 11.5 Å². The van der Waals surface area contributed by atoms with Crippen LogP contribution in [0.3, 0.4) is 0 Å². The Morgan fingerprint density at radius 1 is 0.433 bits per heavy atom. The molecule has 30 heavy (non-hydrogen) atoms. The standard InChI is InChI=1S/C14H14O.2C6H6O.Y/c1-3-7-13(8-4-1)11-15-12-14-9-5-2-6-10-14;2*7-6-4-2-1-3-5-6;/h1-10H,11-12H2;2*1-5,7H;/p-2. The predicted molar refractivity (Wildman–Crippen MR) is 113 cm³/mol. The molecule has 151 valence electrons. The zero-order chi connectivity index (χ0) is 20.6. The van der Waals surface area contributed by atoms with E-state index in [-0.39, 0.29) is 44.2 Å². The molecule has 0 bridgehead atoms. The molecule has 0 aliphatic heterocycles. The molecule has 0 fully saturated rings. The Labute approximate surface area is 203 Å². The van der Waals surface area contributed by atoms with Crippen molar-refractivity contribution in [1.29, 1.82) is 0 Å². The summed E-state index contributed by atoms with van der Waals surface area (Å²) in [5.74, 6) is 0.144. The summed E-state index contributed by atoms with van der Waals surface area (Å²) in [6.07, 6.45) is 0. The number of hydrogen-bond acceptors (Lipinski definition) is 3. The van der Waals surface area contributed by atoms with E-state index in [4.69, 9.17) is 4.74 Å². The maximum Gasteiger partial charge on any atom is 0.0721 e. The van der Waals surface area contributed by atoms with Crippen molar-refractivity contribution in [2.45, 2.75) is 13.2 Å². The van der Waals surface area contributed by atoms with E-state index in [1.807, 2.05) is 48.5 Å². The van der Waals surface area contributed by atoms with Crippen LogP contribution in [0.25, 0.3) is 0 Å². The van der Waals surface area contributed by atoms with Gasteiger partial charge in [-0.2, -0.15) is 0 Å². The maximum absolute atomic E-state index is 10.3. The largest absolute Gasteiger partial charge is 0.872 e. The number of ether oxygens (including phenoxy) is 1. The van der Waals surface area contributed by atoms with Crippen molar-refractivity contribution >= 4 is 0 Å². The molecule has 0 N–H and O–H groups in total. The molecule has 0 aliphatic rings. The second kappa shape index (κ2) is 16.4. The first-order valence-corrected chi connectivity index (χ1v) is 9.34. The first-order valence-electron chi connectivity index (χ1n) is 9.34. The minimum Gasteiger partial charge on any atom is -0.872 e. The van der Waals surface area contributed by atoms with Gasteiger partial charge in [0.05, 0.1) is 13.2 Å². The third-order valence-corrected chi connectivity index (χ3v) is 3.71. The van der Waals surface area contributed by atoms with Gasteiger partial charge in [0.15, 0.2) is 0 Å². The Hall–Kier alpha value is -2.46. The molecule has 0 atom stereocenters. The molecule has 0 heterocycles. The van der Waals surface area contributed by atoms with Crippen LogP contribution >= 0.6 is 0 Å². The molecule has 0 saturated carbocycles. The molecule has 0 aliphatic carbocycles. The number of benzene rings is 4. The molecular formula is C26H24O3Y-2. The van der Waals surface area contributed by atoms with Crippen molar-refractivity contribution in [3.8, 4) is 11.5 Å². The van der Waals surface area contributed by atoms with E-state index in [0.717, 1.165) is 0 Å². The van der Waals surface area contributed by atoms with E-state index in [0.29, 0.717) is 13.2 Å². The predicted octanol–water partition coefficient (Wildman–Crippen LogP) is 4.92. The zero-order valence-corrected chi connectivity index (χ0v) is 19.6. The number of hydrogen-bond donors (Lipinski definition) is 0. The SMILES string of the molecule is [O-]c1ccccc1.[O-]c1ccccc1.[Y].c1ccc(COCc2ccccc2)cc1. The van der Waals surface area contributed by atoms with E-state index in [1.54, 1.807) is 24.3 Å². The quantitative estimate of drug-likeness (QED) is 0.423. The summed E-state index contributed by atoms with van der Waals surface area (Å²) in [5, 5.41) is 20.5. The van der Waals surface area contributed by atoms with Crippen LogP contribution in [-0.2, 0) is 50.7 Å². The Balaban J connectivity index is 0.000000251. The fourth-order valence-corrected chi connectivity index (χ4v) is 2.28. The van der Waals surface area contributed by atoms with Gasteiger partial charge in [-0.1, -0.05) is 121 Å². The van der Waals surface area contributed by atoms with Crippen LogP contribution in [0.15, 0.2) is 121 Å². The Kier molecular flexibility index (Phi) is 13.9. The fourth-order valence-electron chi connectivity index (χ4n) is 2.28. The molecule has 0 amide bonds. The van der Waals surface area contributed by atoms with Crippen LogP contribution in [0.5, 0.6) is 11.5 Å². The molecule has 3 nitrogen and oxygen atoms in total. The van der Waals surface area contributed by atoms with Crippen LogP contribution in [0.2, 0.25) is 0 Å². The van der Waals surface area contributed by atoms with E-state index in [1.165, 1.54) is 35.4 Å². The van der Waals surface area contributed by atoms with Crippen LogP contribution in [0, 0.1) is 0 Å². The Morgan fingerprint density at radius 2 is 0.700 bits per heavy atom. The molecule has 4 rings (SSSR count). The normalized spacial score (nSPS) is 9.07. The van der Waals surface area contributed by atoms with E-state index in [2.05, 4.69) is 24.3 Å². The second-order valence-electron chi connectivity index (χ2n) is 6.09. The maximum atomic E-state index is 10.3. The van der Waals surface area contributed by atoms with Gasteiger partial charge in [-0.3, -0.25) is 0 Å². The van der Waals surface area contributed by atoms with Gasteiger partial charge in [0, 0.05) is 32.7 Å². The fraction of sp³-hybridized carbons (Fsp3) is 0.0769. The number of para-hydroxylation sites is 2. The third kappa shape index (κ3) is 12.2. The first-order chi connectivity index (χ1) is 14.2. The molecule has 0 spiro atoms. The minimum absolute atomic E-state index is 0. The Bertz CT molecular complexity index is 809. The summed E-state index contributed by atoms with van der Waals surface area (Å²) in [4.78, 5) is 0. The summed E-state index contributed by atoms with van der Waals surface area (Å²) in [6.45, 7) is 1.35. The summed E-state index contributed by atoms with van der Waals surface area (Å²) in [7, 11) is 0. The first kappa shape index (κ1) is 25.6. The smallest absolute Gasteiger partial charge is 0.0721 e. The van der Waals surface area contributed by atoms with Crippen molar-refractivity contribution in [3.05, 3.63) is 132 Å². The van der Waals surface area contributed by atoms with Gasteiger partial charge in [0.25, 0.3) is 0 Å². The van der Waals surface area contributed by atoms with E-state index < -0.39 is 0 Å². The van der Waals surface area contributed by atoms with Gasteiger partial charge in [-0.05, 0) is 11.1 Å². The topological polar surface area (TPSA) is 55.3 Å². The van der Waals surface area contributed by atoms with Gasteiger partial charge in [-0.25, -0.2) is 0 Å². The van der Waals surface area contributed by atoms with Crippen molar-refractivity contribution in [1.82, 2.24) is 0 Å². The third-order valence-electron chi connectivity index (χ3n) is 3.71. The summed E-state index contributed by atoms with van der Waals surface area (Å²) < 4.78 is 5.61. The molecule has 0 aromatic heterocycles.